The van der Waals surface area contributed by atoms with E-state index in [0.717, 1.165) is 54.2 Å². The van der Waals surface area contributed by atoms with Crippen LogP contribution in [0.2, 0.25) is 0 Å². The molecule has 1 aromatic rings. The van der Waals surface area contributed by atoms with Crippen molar-refractivity contribution < 1.29 is 9.67 Å². The van der Waals surface area contributed by atoms with Crippen LogP contribution in [0.1, 0.15) is 71.6 Å². The summed E-state index contributed by atoms with van der Waals surface area (Å²) in [6, 6.07) is 10.3. The van der Waals surface area contributed by atoms with Crippen molar-refractivity contribution in [2.75, 3.05) is 6.66 Å². The molecule has 9 atom stereocenters. The Labute approximate surface area is 177 Å². The first-order valence-corrected chi connectivity index (χ1v) is 14.3. The second-order valence-corrected chi connectivity index (χ2v) is 14.8. The van der Waals surface area contributed by atoms with Gasteiger partial charge in [0, 0.05) is 11.0 Å². The van der Waals surface area contributed by atoms with E-state index in [1.54, 1.807) is 0 Å². The molecule has 0 heterocycles. The van der Waals surface area contributed by atoms with Gasteiger partial charge < -0.3 is 9.67 Å². The summed E-state index contributed by atoms with van der Waals surface area (Å²) in [7, 11) is -2.37. The molecule has 0 saturated heterocycles. The van der Waals surface area contributed by atoms with E-state index in [2.05, 4.69) is 44.8 Å². The lowest BCUT2D eigenvalue weighted by Gasteiger charge is -2.57. The molecule has 1 aromatic carbocycles. The van der Waals surface area contributed by atoms with Crippen molar-refractivity contribution in [3.8, 4) is 0 Å². The molecule has 0 aliphatic heterocycles. The minimum Gasteiger partial charge on any atom is -0.390 e. The fourth-order valence-corrected chi connectivity index (χ4v) is 12.0. The van der Waals surface area contributed by atoms with Crippen molar-refractivity contribution in [3.63, 3.8) is 0 Å². The normalized spacial score (nSPS) is 48.8. The standard InChI is InChI=1S/C26H39O2P/c1-25(27)15-13-20-18(17-25)9-10-22-21(20)14-16-26(2)23(22)11-12-24(26)29(3,28)19-7-5-4-6-8-19/h4-8,18,20-24,27H,9-17H2,1-3H3/t18-,20?,21-,22-,23+,24?,25-,26+,29?/m1/s1. The molecule has 0 spiro atoms. The van der Waals surface area contributed by atoms with Gasteiger partial charge in [0.15, 0.2) is 0 Å². The third kappa shape index (κ3) is 3.20. The lowest BCUT2D eigenvalue weighted by molar-refractivity contribution is -0.0934. The lowest BCUT2D eigenvalue weighted by atomic mass is 9.50. The van der Waals surface area contributed by atoms with Gasteiger partial charge in [0.1, 0.15) is 7.14 Å². The summed E-state index contributed by atoms with van der Waals surface area (Å²) in [5, 5.41) is 11.7. The van der Waals surface area contributed by atoms with Crippen LogP contribution in [0.25, 0.3) is 0 Å². The van der Waals surface area contributed by atoms with Gasteiger partial charge in [0.25, 0.3) is 0 Å². The highest BCUT2D eigenvalue weighted by molar-refractivity contribution is 7.71. The summed E-state index contributed by atoms with van der Waals surface area (Å²) in [5.74, 6) is 4.02. The van der Waals surface area contributed by atoms with Crippen molar-refractivity contribution in [1.82, 2.24) is 0 Å². The number of hydrogen-bond donors (Lipinski definition) is 1. The summed E-state index contributed by atoms with van der Waals surface area (Å²) in [4.78, 5) is 0. The number of aliphatic hydroxyl groups is 1. The molecule has 4 aliphatic carbocycles. The van der Waals surface area contributed by atoms with Crippen LogP contribution in [0.4, 0.5) is 0 Å². The van der Waals surface area contributed by atoms with Crippen LogP contribution in [0.5, 0.6) is 0 Å². The minimum atomic E-state index is -2.37. The van der Waals surface area contributed by atoms with Gasteiger partial charge in [0.05, 0.1) is 5.60 Å². The minimum absolute atomic E-state index is 0.244. The first-order valence-electron chi connectivity index (χ1n) is 12.1. The SMILES string of the molecule is C[C@@]1(O)CCC2[C@H](CC[C@@H]3[C@@H]2CC[C@]2(C)C(P(C)(=O)c4ccccc4)CC[C@@H]32)C1. The lowest BCUT2D eigenvalue weighted by Crippen LogP contribution is -2.51. The second kappa shape index (κ2) is 6.96. The molecule has 0 bridgehead atoms. The Morgan fingerprint density at radius 3 is 2.38 bits per heavy atom. The van der Waals surface area contributed by atoms with E-state index in [1.807, 2.05) is 6.07 Å². The van der Waals surface area contributed by atoms with Crippen LogP contribution in [-0.4, -0.2) is 23.0 Å². The van der Waals surface area contributed by atoms with Gasteiger partial charge in [-0.3, -0.25) is 0 Å². The molecule has 160 valence electrons. The van der Waals surface area contributed by atoms with Crippen molar-refractivity contribution in [1.29, 1.82) is 0 Å². The molecule has 1 N–H and O–H groups in total. The van der Waals surface area contributed by atoms with Crippen LogP contribution in [0.3, 0.4) is 0 Å². The summed E-state index contributed by atoms with van der Waals surface area (Å²) >= 11 is 0. The number of benzene rings is 1. The predicted molar refractivity (Wildman–Crippen MR) is 121 cm³/mol. The van der Waals surface area contributed by atoms with Crippen molar-refractivity contribution in [2.24, 2.45) is 35.0 Å². The molecule has 3 heteroatoms. The topological polar surface area (TPSA) is 37.3 Å². The average Bonchev–Trinajstić information content (AvgIpc) is 3.05. The zero-order valence-corrected chi connectivity index (χ0v) is 19.4. The van der Waals surface area contributed by atoms with Crippen LogP contribution >= 0.6 is 7.14 Å². The number of hydrogen-bond acceptors (Lipinski definition) is 2. The molecular formula is C26H39O2P. The van der Waals surface area contributed by atoms with Crippen LogP contribution in [0, 0.1) is 35.0 Å². The molecular weight excluding hydrogens is 375 g/mol. The van der Waals surface area contributed by atoms with E-state index in [9.17, 15) is 9.67 Å². The third-order valence-electron chi connectivity index (χ3n) is 10.1. The Balaban J connectivity index is 1.40. The second-order valence-electron chi connectivity index (χ2n) is 11.6. The Kier molecular flexibility index (Phi) is 4.88. The van der Waals surface area contributed by atoms with Crippen molar-refractivity contribution >= 4 is 12.4 Å². The summed E-state index contributed by atoms with van der Waals surface area (Å²) in [5.41, 5.74) is 0.169. The molecule has 0 aromatic heterocycles. The van der Waals surface area contributed by atoms with Crippen LogP contribution < -0.4 is 5.30 Å². The van der Waals surface area contributed by atoms with Gasteiger partial charge in [-0.15, -0.1) is 0 Å². The molecule has 2 nitrogen and oxygen atoms in total. The third-order valence-corrected chi connectivity index (χ3v) is 13.4. The van der Waals surface area contributed by atoms with Gasteiger partial charge in [-0.05, 0) is 106 Å². The van der Waals surface area contributed by atoms with E-state index >= 15 is 0 Å². The van der Waals surface area contributed by atoms with E-state index in [1.165, 1.54) is 38.5 Å². The number of rotatable bonds is 2. The quantitative estimate of drug-likeness (QED) is 0.596. The Bertz CT molecular complexity index is 802. The van der Waals surface area contributed by atoms with Gasteiger partial charge in [-0.1, -0.05) is 37.3 Å². The Morgan fingerprint density at radius 2 is 1.62 bits per heavy atom. The highest BCUT2D eigenvalue weighted by atomic mass is 31.2. The number of fused-ring (bicyclic) bond motifs is 5. The van der Waals surface area contributed by atoms with Crippen LogP contribution in [0.15, 0.2) is 30.3 Å². The first-order chi connectivity index (χ1) is 13.7. The molecule has 4 aliphatic rings. The fraction of sp³-hybridized carbons (Fsp3) is 0.769. The first kappa shape index (κ1) is 20.3. The fourth-order valence-electron chi connectivity index (χ4n) is 8.77. The van der Waals surface area contributed by atoms with Crippen molar-refractivity contribution in [3.05, 3.63) is 30.3 Å². The molecule has 0 amide bonds. The van der Waals surface area contributed by atoms with Gasteiger partial charge >= 0.3 is 0 Å². The maximum atomic E-state index is 14.1. The zero-order valence-electron chi connectivity index (χ0n) is 18.5. The average molecular weight is 415 g/mol. The Morgan fingerprint density at radius 1 is 0.897 bits per heavy atom. The van der Waals surface area contributed by atoms with E-state index in [-0.39, 0.29) is 5.41 Å². The van der Waals surface area contributed by atoms with Crippen LogP contribution in [-0.2, 0) is 4.57 Å². The molecule has 29 heavy (non-hydrogen) atoms. The highest BCUT2D eigenvalue weighted by Gasteiger charge is 2.60. The summed E-state index contributed by atoms with van der Waals surface area (Å²) in [6.45, 7) is 6.63. The predicted octanol–water partition coefficient (Wildman–Crippen LogP) is 6.08. The molecule has 0 radical (unpaired) electrons. The van der Waals surface area contributed by atoms with E-state index in [0.29, 0.717) is 5.66 Å². The van der Waals surface area contributed by atoms with Gasteiger partial charge in [-0.2, -0.15) is 0 Å². The maximum Gasteiger partial charge on any atom is 0.116 e. The monoisotopic (exact) mass is 414 g/mol. The smallest absolute Gasteiger partial charge is 0.116 e. The summed E-state index contributed by atoms with van der Waals surface area (Å²) in [6.07, 6.45) is 10.9. The Hall–Kier alpha value is -0.590. The van der Waals surface area contributed by atoms with Crippen molar-refractivity contribution in [2.45, 2.75) is 82.9 Å². The molecule has 5 rings (SSSR count). The van der Waals surface area contributed by atoms with E-state index < -0.39 is 12.7 Å². The van der Waals surface area contributed by atoms with E-state index in [4.69, 9.17) is 0 Å². The molecule has 3 unspecified atom stereocenters. The molecule has 4 saturated carbocycles. The highest BCUT2D eigenvalue weighted by Crippen LogP contribution is 2.69. The zero-order chi connectivity index (χ0) is 20.4. The van der Waals surface area contributed by atoms with Gasteiger partial charge in [0.2, 0.25) is 0 Å². The van der Waals surface area contributed by atoms with Gasteiger partial charge in [-0.25, -0.2) is 0 Å². The summed E-state index contributed by atoms with van der Waals surface area (Å²) < 4.78 is 14.1. The maximum absolute atomic E-state index is 14.1. The largest absolute Gasteiger partial charge is 0.390 e. The molecule has 4 fully saturated rings.